The van der Waals surface area contributed by atoms with Crippen molar-refractivity contribution in [3.05, 3.63) is 59.2 Å². The lowest BCUT2D eigenvalue weighted by Crippen LogP contribution is -3.19. The van der Waals surface area contributed by atoms with Crippen LogP contribution < -0.4 is 9.80 Å². The van der Waals surface area contributed by atoms with Crippen molar-refractivity contribution in [1.82, 2.24) is 4.31 Å². The van der Waals surface area contributed by atoms with Gasteiger partial charge in [0.05, 0.1) is 31.1 Å². The van der Waals surface area contributed by atoms with Crippen LogP contribution in [0.4, 0.5) is 5.69 Å². The molecule has 0 bridgehead atoms. The number of amides is 1. The van der Waals surface area contributed by atoms with E-state index in [-0.39, 0.29) is 11.9 Å². The first-order valence-corrected chi connectivity index (χ1v) is 12.0. The molecule has 0 aromatic heterocycles. The molecule has 160 valence electrons. The van der Waals surface area contributed by atoms with E-state index in [2.05, 4.69) is 6.07 Å². The lowest BCUT2D eigenvalue weighted by Gasteiger charge is -2.35. The molecule has 2 heterocycles. The molecule has 1 fully saturated rings. The van der Waals surface area contributed by atoms with E-state index >= 15 is 0 Å². The van der Waals surface area contributed by atoms with E-state index in [1.54, 1.807) is 10.4 Å². The van der Waals surface area contributed by atoms with Crippen LogP contribution in [0.2, 0.25) is 0 Å². The molecule has 0 spiro atoms. The Bertz CT molecular complexity index is 1060. The van der Waals surface area contributed by atoms with Gasteiger partial charge in [-0.15, -0.1) is 0 Å². The van der Waals surface area contributed by atoms with Crippen LogP contribution in [0.15, 0.2) is 47.4 Å². The van der Waals surface area contributed by atoms with Crippen molar-refractivity contribution in [1.29, 1.82) is 0 Å². The van der Waals surface area contributed by atoms with Crippen molar-refractivity contribution < 1.29 is 18.1 Å². The smallest absolute Gasteiger partial charge is 0.284 e. The summed E-state index contributed by atoms with van der Waals surface area (Å²) >= 11 is 0. The van der Waals surface area contributed by atoms with E-state index in [0.717, 1.165) is 34.7 Å². The minimum Gasteiger partial charge on any atom is -0.323 e. The molecule has 2 aromatic carbocycles. The van der Waals surface area contributed by atoms with Gasteiger partial charge in [0.25, 0.3) is 5.91 Å². The quantitative estimate of drug-likeness (QED) is 0.795. The first-order valence-electron chi connectivity index (χ1n) is 10.6. The van der Waals surface area contributed by atoms with Gasteiger partial charge in [0.2, 0.25) is 10.0 Å². The third-order valence-electron chi connectivity index (χ3n) is 6.45. The number of carbonyl (C=O) groups is 1. The molecule has 6 nitrogen and oxygen atoms in total. The molecule has 2 aromatic rings. The number of hydrogen-bond acceptors (Lipinski definition) is 3. The summed E-state index contributed by atoms with van der Waals surface area (Å²) in [5.74, 6) is 0.126. The third kappa shape index (κ3) is 3.77. The molecule has 1 amide bonds. The van der Waals surface area contributed by atoms with Crippen LogP contribution in [0.3, 0.4) is 0 Å². The first kappa shape index (κ1) is 21.0. The number of hydrogen-bond donors (Lipinski definition) is 1. The van der Waals surface area contributed by atoms with Crippen molar-refractivity contribution in [2.45, 2.75) is 38.1 Å². The second-order valence-electron chi connectivity index (χ2n) is 8.42. The Balaban J connectivity index is 1.42. The minimum absolute atomic E-state index is 0.126. The van der Waals surface area contributed by atoms with Crippen LogP contribution in [-0.4, -0.2) is 57.4 Å². The predicted molar refractivity (Wildman–Crippen MR) is 117 cm³/mol. The minimum atomic E-state index is -3.51. The van der Waals surface area contributed by atoms with Crippen molar-refractivity contribution in [2.24, 2.45) is 0 Å². The van der Waals surface area contributed by atoms with Crippen molar-refractivity contribution in [3.8, 4) is 0 Å². The summed E-state index contributed by atoms with van der Waals surface area (Å²) < 4.78 is 27.8. The SMILES string of the molecule is Cc1ccc(S(=O)(=O)N2CC[NH+]([C@@H](C)C(=O)N3CCc4ccccc43)CC2)c(C)c1. The molecule has 0 aliphatic carbocycles. The van der Waals surface area contributed by atoms with E-state index in [0.29, 0.717) is 31.1 Å². The fourth-order valence-corrected chi connectivity index (χ4v) is 6.30. The number of piperazine rings is 1. The van der Waals surface area contributed by atoms with Crippen molar-refractivity contribution in [2.75, 3.05) is 37.6 Å². The summed E-state index contributed by atoms with van der Waals surface area (Å²) in [6, 6.07) is 13.3. The lowest BCUT2D eigenvalue weighted by molar-refractivity contribution is -0.917. The normalized spacial score (nSPS) is 19.0. The monoisotopic (exact) mass is 428 g/mol. The highest BCUT2D eigenvalue weighted by Gasteiger charge is 2.37. The maximum absolute atomic E-state index is 13.2. The van der Waals surface area contributed by atoms with Gasteiger partial charge in [-0.05, 0) is 50.5 Å². The molecule has 1 saturated heterocycles. The fraction of sp³-hybridized carbons (Fsp3) is 0.435. The number of carbonyl (C=O) groups excluding carboxylic acids is 1. The van der Waals surface area contributed by atoms with Crippen LogP contribution in [-0.2, 0) is 21.2 Å². The maximum atomic E-state index is 13.2. The molecule has 0 radical (unpaired) electrons. The Morgan fingerprint density at radius 3 is 2.43 bits per heavy atom. The Labute approximate surface area is 179 Å². The molecular formula is C23H30N3O3S+. The van der Waals surface area contributed by atoms with Gasteiger partial charge in [-0.2, -0.15) is 4.31 Å². The highest BCUT2D eigenvalue weighted by atomic mass is 32.2. The van der Waals surface area contributed by atoms with Gasteiger partial charge in [0.1, 0.15) is 0 Å². The molecule has 0 saturated carbocycles. The molecule has 7 heteroatoms. The molecule has 0 unspecified atom stereocenters. The average Bonchev–Trinajstić information content (AvgIpc) is 3.16. The van der Waals surface area contributed by atoms with Crippen LogP contribution in [0.1, 0.15) is 23.6 Å². The number of anilines is 1. The highest BCUT2D eigenvalue weighted by Crippen LogP contribution is 2.27. The molecule has 1 N–H and O–H groups in total. The number of para-hydroxylation sites is 1. The van der Waals surface area contributed by atoms with Crippen LogP contribution in [0, 0.1) is 13.8 Å². The zero-order valence-electron chi connectivity index (χ0n) is 17.9. The summed E-state index contributed by atoms with van der Waals surface area (Å²) in [4.78, 5) is 16.6. The predicted octanol–water partition coefficient (Wildman–Crippen LogP) is 1.17. The average molecular weight is 429 g/mol. The zero-order chi connectivity index (χ0) is 21.5. The maximum Gasteiger partial charge on any atom is 0.284 e. The van der Waals surface area contributed by atoms with Gasteiger partial charge >= 0.3 is 0 Å². The van der Waals surface area contributed by atoms with Gasteiger partial charge in [-0.3, -0.25) is 4.79 Å². The van der Waals surface area contributed by atoms with Gasteiger partial charge in [0, 0.05) is 12.2 Å². The zero-order valence-corrected chi connectivity index (χ0v) is 18.7. The van der Waals surface area contributed by atoms with E-state index in [1.807, 2.05) is 56.0 Å². The van der Waals surface area contributed by atoms with E-state index in [4.69, 9.17) is 0 Å². The summed E-state index contributed by atoms with van der Waals surface area (Å²) in [6.45, 7) is 8.62. The van der Waals surface area contributed by atoms with Gasteiger partial charge in [-0.25, -0.2) is 8.42 Å². The Morgan fingerprint density at radius 2 is 1.73 bits per heavy atom. The number of rotatable bonds is 4. The van der Waals surface area contributed by atoms with Gasteiger partial charge in [-0.1, -0.05) is 35.9 Å². The Morgan fingerprint density at radius 1 is 1.03 bits per heavy atom. The molecular weight excluding hydrogens is 398 g/mol. The van der Waals surface area contributed by atoms with Crippen LogP contribution in [0.5, 0.6) is 0 Å². The van der Waals surface area contributed by atoms with Crippen LogP contribution in [0.25, 0.3) is 0 Å². The summed E-state index contributed by atoms with van der Waals surface area (Å²) in [7, 11) is -3.51. The number of quaternary nitrogens is 1. The highest BCUT2D eigenvalue weighted by molar-refractivity contribution is 7.89. The second kappa shape index (κ2) is 8.13. The summed E-state index contributed by atoms with van der Waals surface area (Å²) in [5.41, 5.74) is 4.07. The lowest BCUT2D eigenvalue weighted by atomic mass is 10.1. The van der Waals surface area contributed by atoms with Crippen molar-refractivity contribution in [3.63, 3.8) is 0 Å². The largest absolute Gasteiger partial charge is 0.323 e. The van der Waals surface area contributed by atoms with E-state index < -0.39 is 10.0 Å². The number of benzene rings is 2. The summed E-state index contributed by atoms with van der Waals surface area (Å²) in [5, 5.41) is 0. The number of fused-ring (bicyclic) bond motifs is 1. The molecule has 4 rings (SSSR count). The Kier molecular flexibility index (Phi) is 5.70. The molecule has 1 atom stereocenters. The van der Waals surface area contributed by atoms with Gasteiger partial charge in [0.15, 0.2) is 6.04 Å². The summed E-state index contributed by atoms with van der Waals surface area (Å²) in [6.07, 6.45) is 0.895. The first-order chi connectivity index (χ1) is 14.3. The van der Waals surface area contributed by atoms with E-state index in [1.165, 1.54) is 5.56 Å². The topological polar surface area (TPSA) is 62.1 Å². The molecule has 30 heavy (non-hydrogen) atoms. The fourth-order valence-electron chi connectivity index (χ4n) is 4.65. The molecule has 2 aliphatic heterocycles. The number of nitrogens with one attached hydrogen (secondary N) is 1. The third-order valence-corrected chi connectivity index (χ3v) is 8.51. The van der Waals surface area contributed by atoms with Crippen LogP contribution >= 0.6 is 0 Å². The standard InChI is InChI=1S/C23H29N3O3S/c1-17-8-9-22(18(2)16-17)30(28,29)25-14-12-24(13-15-25)19(3)23(27)26-11-10-20-6-4-5-7-21(20)26/h4-9,16,19H,10-15H2,1-3H3/p+1/t19-/m0/s1. The Hall–Kier alpha value is -2.22. The van der Waals surface area contributed by atoms with E-state index in [9.17, 15) is 13.2 Å². The number of aryl methyl sites for hydroxylation is 2. The molecule has 2 aliphatic rings. The van der Waals surface area contributed by atoms with Crippen molar-refractivity contribution >= 4 is 21.6 Å². The van der Waals surface area contributed by atoms with Gasteiger partial charge < -0.3 is 9.80 Å². The second-order valence-corrected chi connectivity index (χ2v) is 10.3. The number of sulfonamides is 1. The number of nitrogens with zero attached hydrogens (tertiary/aromatic N) is 2.